The molecule has 7 heteroatoms. The molecule has 0 aromatic heterocycles. The van der Waals surface area contributed by atoms with Crippen molar-refractivity contribution in [3.8, 4) is 5.75 Å². The molecule has 140 valence electrons. The highest BCUT2D eigenvalue weighted by Crippen LogP contribution is 2.40. The lowest BCUT2D eigenvalue weighted by Gasteiger charge is -2.21. The lowest BCUT2D eigenvalue weighted by atomic mass is 9.88. The number of benzene rings is 1. The van der Waals surface area contributed by atoms with E-state index >= 15 is 0 Å². The van der Waals surface area contributed by atoms with Gasteiger partial charge in [0.1, 0.15) is 5.75 Å². The molecule has 26 heavy (non-hydrogen) atoms. The SMILES string of the molecule is COc1ccc(NC(=O)C2CC2C(=O)O)cc1NC(=O)C1CCCCC1. The van der Waals surface area contributed by atoms with Gasteiger partial charge in [-0.2, -0.15) is 0 Å². The first kappa shape index (κ1) is 18.2. The van der Waals surface area contributed by atoms with E-state index < -0.39 is 17.8 Å². The minimum absolute atomic E-state index is 0.00879. The molecule has 2 unspecified atom stereocenters. The van der Waals surface area contributed by atoms with E-state index in [1.165, 1.54) is 13.5 Å². The molecule has 3 rings (SSSR count). The van der Waals surface area contributed by atoms with Crippen LogP contribution in [0.3, 0.4) is 0 Å². The number of carboxylic acids is 1. The number of ether oxygens (including phenoxy) is 1. The van der Waals surface area contributed by atoms with E-state index in [0.29, 0.717) is 23.5 Å². The molecule has 1 aromatic carbocycles. The lowest BCUT2D eigenvalue weighted by molar-refractivity contribution is -0.139. The maximum absolute atomic E-state index is 12.5. The minimum atomic E-state index is -0.944. The summed E-state index contributed by atoms with van der Waals surface area (Å²) in [5.74, 6) is -1.85. The van der Waals surface area contributed by atoms with E-state index in [1.807, 2.05) is 0 Å². The first-order chi connectivity index (χ1) is 12.5. The summed E-state index contributed by atoms with van der Waals surface area (Å²) in [5.41, 5.74) is 1.01. The molecule has 2 atom stereocenters. The first-order valence-electron chi connectivity index (χ1n) is 9.02. The third-order valence-electron chi connectivity index (χ3n) is 5.15. The van der Waals surface area contributed by atoms with Gasteiger partial charge in [-0.05, 0) is 37.5 Å². The molecule has 7 nitrogen and oxygen atoms in total. The Kier molecular flexibility index (Phi) is 5.44. The molecule has 2 aliphatic carbocycles. The summed E-state index contributed by atoms with van der Waals surface area (Å²) >= 11 is 0. The predicted octanol–water partition coefficient (Wildman–Crippen LogP) is 2.87. The summed E-state index contributed by atoms with van der Waals surface area (Å²) in [6, 6.07) is 4.99. The van der Waals surface area contributed by atoms with Gasteiger partial charge in [0.25, 0.3) is 0 Å². The number of carbonyl (C=O) groups excluding carboxylic acids is 2. The van der Waals surface area contributed by atoms with Gasteiger partial charge in [-0.15, -0.1) is 0 Å². The molecular formula is C19H24N2O5. The van der Waals surface area contributed by atoms with E-state index in [2.05, 4.69) is 10.6 Å². The summed E-state index contributed by atoms with van der Waals surface area (Å²) in [6.45, 7) is 0. The van der Waals surface area contributed by atoms with Crippen LogP contribution < -0.4 is 15.4 Å². The summed E-state index contributed by atoms with van der Waals surface area (Å²) in [7, 11) is 1.52. The summed E-state index contributed by atoms with van der Waals surface area (Å²) in [4.78, 5) is 35.5. The van der Waals surface area contributed by atoms with Gasteiger partial charge in [0, 0.05) is 11.6 Å². The number of methoxy groups -OCH3 is 1. The van der Waals surface area contributed by atoms with Gasteiger partial charge < -0.3 is 20.5 Å². The largest absolute Gasteiger partial charge is 0.495 e. The number of anilines is 2. The highest BCUT2D eigenvalue weighted by molar-refractivity contribution is 5.99. The van der Waals surface area contributed by atoms with Crippen molar-refractivity contribution >= 4 is 29.2 Å². The van der Waals surface area contributed by atoms with Crippen molar-refractivity contribution in [3.05, 3.63) is 18.2 Å². The standard InChI is InChI=1S/C19H24N2O5/c1-26-16-8-7-12(20-18(23)13-10-14(13)19(24)25)9-15(16)21-17(22)11-5-3-2-4-6-11/h7-9,11,13-14H,2-6,10H2,1H3,(H,20,23)(H,21,22)(H,24,25). The van der Waals surface area contributed by atoms with Crippen molar-refractivity contribution in [1.82, 2.24) is 0 Å². The Morgan fingerprint density at radius 3 is 2.38 bits per heavy atom. The molecule has 3 N–H and O–H groups in total. The summed E-state index contributed by atoms with van der Waals surface area (Å²) < 4.78 is 5.30. The minimum Gasteiger partial charge on any atom is -0.495 e. The second-order valence-electron chi connectivity index (χ2n) is 7.02. The molecule has 0 saturated heterocycles. The van der Waals surface area contributed by atoms with Gasteiger partial charge in [0.2, 0.25) is 11.8 Å². The molecular weight excluding hydrogens is 336 g/mol. The van der Waals surface area contributed by atoms with Crippen LogP contribution in [0, 0.1) is 17.8 Å². The van der Waals surface area contributed by atoms with Gasteiger partial charge in [-0.1, -0.05) is 19.3 Å². The molecule has 1 aromatic rings. The van der Waals surface area contributed by atoms with Crippen molar-refractivity contribution in [1.29, 1.82) is 0 Å². The first-order valence-corrected chi connectivity index (χ1v) is 9.02. The number of hydrogen-bond donors (Lipinski definition) is 3. The fraction of sp³-hybridized carbons (Fsp3) is 0.526. The number of aliphatic carboxylic acids is 1. The van der Waals surface area contributed by atoms with Crippen LogP contribution in [0.15, 0.2) is 18.2 Å². The summed E-state index contributed by atoms with van der Waals surface area (Å²) in [5, 5.41) is 14.6. The van der Waals surface area contributed by atoms with Crippen LogP contribution in [0.5, 0.6) is 5.75 Å². The quantitative estimate of drug-likeness (QED) is 0.723. The molecule has 2 fully saturated rings. The van der Waals surface area contributed by atoms with E-state index in [-0.39, 0.29) is 17.7 Å². The number of nitrogens with one attached hydrogen (secondary N) is 2. The van der Waals surface area contributed by atoms with Crippen molar-refractivity contribution in [2.24, 2.45) is 17.8 Å². The number of amides is 2. The van der Waals surface area contributed by atoms with Gasteiger partial charge in [0.15, 0.2) is 0 Å². The zero-order valence-corrected chi connectivity index (χ0v) is 14.8. The predicted molar refractivity (Wildman–Crippen MR) is 96.1 cm³/mol. The highest BCUT2D eigenvalue weighted by atomic mass is 16.5. The molecule has 0 aliphatic heterocycles. The van der Waals surface area contributed by atoms with Crippen LogP contribution in [0.2, 0.25) is 0 Å². The van der Waals surface area contributed by atoms with Gasteiger partial charge in [0.05, 0.1) is 24.6 Å². The molecule has 2 aliphatic rings. The van der Waals surface area contributed by atoms with Crippen LogP contribution in [-0.4, -0.2) is 30.0 Å². The Balaban J connectivity index is 1.67. The van der Waals surface area contributed by atoms with E-state index in [9.17, 15) is 14.4 Å². The van der Waals surface area contributed by atoms with Crippen LogP contribution in [0.1, 0.15) is 38.5 Å². The van der Waals surface area contributed by atoms with Crippen LogP contribution in [-0.2, 0) is 14.4 Å². The number of rotatable bonds is 6. The maximum Gasteiger partial charge on any atom is 0.307 e. The monoisotopic (exact) mass is 360 g/mol. The Hall–Kier alpha value is -2.57. The average Bonchev–Trinajstić information content (AvgIpc) is 3.44. The van der Waals surface area contributed by atoms with E-state index in [4.69, 9.17) is 9.84 Å². The molecule has 0 heterocycles. The van der Waals surface area contributed by atoms with Crippen molar-refractivity contribution in [2.75, 3.05) is 17.7 Å². The number of carboxylic acid groups (broad SMARTS) is 1. The Bertz CT molecular complexity index is 712. The van der Waals surface area contributed by atoms with E-state index in [0.717, 1.165) is 25.7 Å². The Morgan fingerprint density at radius 1 is 1.04 bits per heavy atom. The molecule has 0 radical (unpaired) electrons. The van der Waals surface area contributed by atoms with Crippen molar-refractivity contribution in [3.63, 3.8) is 0 Å². The van der Waals surface area contributed by atoms with Crippen molar-refractivity contribution in [2.45, 2.75) is 38.5 Å². The number of carbonyl (C=O) groups is 3. The Morgan fingerprint density at radius 2 is 1.77 bits per heavy atom. The second kappa shape index (κ2) is 7.76. The average molecular weight is 360 g/mol. The Labute approximate surface area is 152 Å². The fourth-order valence-electron chi connectivity index (χ4n) is 3.48. The molecule has 2 saturated carbocycles. The zero-order valence-electron chi connectivity index (χ0n) is 14.8. The molecule has 0 bridgehead atoms. The smallest absolute Gasteiger partial charge is 0.307 e. The molecule has 0 spiro atoms. The molecule has 2 amide bonds. The third-order valence-corrected chi connectivity index (χ3v) is 5.15. The number of hydrogen-bond acceptors (Lipinski definition) is 4. The van der Waals surface area contributed by atoms with Gasteiger partial charge >= 0.3 is 5.97 Å². The second-order valence-corrected chi connectivity index (χ2v) is 7.02. The van der Waals surface area contributed by atoms with Gasteiger partial charge in [-0.25, -0.2) is 0 Å². The fourth-order valence-corrected chi connectivity index (χ4v) is 3.48. The third kappa shape index (κ3) is 4.15. The van der Waals surface area contributed by atoms with Crippen LogP contribution in [0.25, 0.3) is 0 Å². The topological polar surface area (TPSA) is 105 Å². The van der Waals surface area contributed by atoms with Crippen LogP contribution >= 0.6 is 0 Å². The summed E-state index contributed by atoms with van der Waals surface area (Å²) in [6.07, 6.45) is 5.45. The lowest BCUT2D eigenvalue weighted by Crippen LogP contribution is -2.25. The zero-order chi connectivity index (χ0) is 18.7. The van der Waals surface area contributed by atoms with Crippen LogP contribution in [0.4, 0.5) is 11.4 Å². The highest BCUT2D eigenvalue weighted by Gasteiger charge is 2.48. The normalized spacial score (nSPS) is 22.3. The maximum atomic E-state index is 12.5. The van der Waals surface area contributed by atoms with Crippen molar-refractivity contribution < 1.29 is 24.2 Å². The van der Waals surface area contributed by atoms with E-state index in [1.54, 1.807) is 18.2 Å². The van der Waals surface area contributed by atoms with Gasteiger partial charge in [-0.3, -0.25) is 14.4 Å².